The summed E-state index contributed by atoms with van der Waals surface area (Å²) in [6, 6.07) is 0. The molecule has 0 aromatic carbocycles. The normalized spacial score (nSPS) is 11.8. The summed E-state index contributed by atoms with van der Waals surface area (Å²) in [6.07, 6.45) is 0. The van der Waals surface area contributed by atoms with E-state index in [0.717, 1.165) is 7.11 Å². The topological polar surface area (TPSA) is 95.5 Å². The summed E-state index contributed by atoms with van der Waals surface area (Å²) in [5.74, 6) is -1.03. The zero-order valence-corrected chi connectivity index (χ0v) is 6.16. The molecule has 0 spiro atoms. The van der Waals surface area contributed by atoms with Gasteiger partial charge in [0, 0.05) is 0 Å². The molecule has 0 aliphatic rings. The second kappa shape index (κ2) is 3.55. The lowest BCUT2D eigenvalue weighted by atomic mass is 10.4. The van der Waals surface area contributed by atoms with Crippen molar-refractivity contribution in [2.24, 2.45) is 5.73 Å². The molecule has 0 saturated carbocycles. The first-order valence-corrected chi connectivity index (χ1v) is 2.69. The Balaban J connectivity index is 4.79. The van der Waals surface area contributed by atoms with Gasteiger partial charge in [0.05, 0.1) is 17.7 Å². The van der Waals surface area contributed by atoms with Gasteiger partial charge < -0.3 is 10.5 Å². The van der Waals surface area contributed by atoms with Gasteiger partial charge in [-0.1, -0.05) is 0 Å². The van der Waals surface area contributed by atoms with Crippen molar-refractivity contribution in [1.29, 1.82) is 0 Å². The Morgan fingerprint density at radius 2 is 2.09 bits per heavy atom. The molecule has 6 heteroatoms. The molecule has 2 N–H and O–H groups in total. The third-order valence-corrected chi connectivity index (χ3v) is 0.935. The van der Waals surface area contributed by atoms with Crippen LogP contribution in [0.1, 0.15) is 6.92 Å². The lowest BCUT2D eigenvalue weighted by Gasteiger charge is -1.96. The Labute approximate surface area is 62.8 Å². The lowest BCUT2D eigenvalue weighted by molar-refractivity contribution is -0.422. The van der Waals surface area contributed by atoms with Crippen LogP contribution in [0.15, 0.2) is 11.4 Å². The van der Waals surface area contributed by atoms with Crippen LogP contribution in [-0.4, -0.2) is 18.0 Å². The van der Waals surface area contributed by atoms with Gasteiger partial charge in [0.25, 0.3) is 0 Å². The molecule has 0 bridgehead atoms. The third kappa shape index (κ3) is 2.24. The molecular weight excluding hydrogens is 152 g/mol. The molecule has 0 heterocycles. The van der Waals surface area contributed by atoms with Crippen LogP contribution in [0, 0.1) is 10.1 Å². The number of carbonyl (C=O) groups excluding carboxylic acids is 1. The molecule has 0 unspecified atom stereocenters. The van der Waals surface area contributed by atoms with E-state index in [1.165, 1.54) is 6.92 Å². The first-order valence-electron chi connectivity index (χ1n) is 2.69. The van der Waals surface area contributed by atoms with E-state index in [2.05, 4.69) is 4.74 Å². The summed E-state index contributed by atoms with van der Waals surface area (Å²) < 4.78 is 4.12. The van der Waals surface area contributed by atoms with Crippen molar-refractivity contribution in [2.75, 3.05) is 7.11 Å². The summed E-state index contributed by atoms with van der Waals surface area (Å²) in [5, 5.41) is 10.1. The molecule has 0 fully saturated rings. The first kappa shape index (κ1) is 9.41. The van der Waals surface area contributed by atoms with Gasteiger partial charge in [0.1, 0.15) is 0 Å². The van der Waals surface area contributed by atoms with E-state index in [1.54, 1.807) is 0 Å². The van der Waals surface area contributed by atoms with Crippen molar-refractivity contribution in [2.45, 2.75) is 6.92 Å². The van der Waals surface area contributed by atoms with Crippen molar-refractivity contribution >= 4 is 5.97 Å². The van der Waals surface area contributed by atoms with Gasteiger partial charge in [-0.05, 0) is 6.92 Å². The minimum Gasteiger partial charge on any atom is -0.461 e. The molecule has 6 nitrogen and oxygen atoms in total. The Morgan fingerprint density at radius 3 is 2.18 bits per heavy atom. The van der Waals surface area contributed by atoms with Crippen LogP contribution in [0.3, 0.4) is 0 Å². The summed E-state index contributed by atoms with van der Waals surface area (Å²) in [4.78, 5) is 19.8. The van der Waals surface area contributed by atoms with Crippen molar-refractivity contribution in [3.63, 3.8) is 0 Å². The molecule has 0 aromatic heterocycles. The molecule has 11 heavy (non-hydrogen) atoms. The van der Waals surface area contributed by atoms with Crippen LogP contribution < -0.4 is 5.73 Å². The van der Waals surface area contributed by atoms with Crippen molar-refractivity contribution < 1.29 is 14.5 Å². The number of esters is 1. The highest BCUT2D eigenvalue weighted by molar-refractivity contribution is 5.86. The minimum absolute atomic E-state index is 0.165. The van der Waals surface area contributed by atoms with Gasteiger partial charge in [-0.3, -0.25) is 10.1 Å². The van der Waals surface area contributed by atoms with Crippen LogP contribution in [0.4, 0.5) is 0 Å². The number of rotatable bonds is 2. The van der Waals surface area contributed by atoms with Gasteiger partial charge in [0.2, 0.25) is 0 Å². The summed E-state index contributed by atoms with van der Waals surface area (Å²) >= 11 is 0. The maximum absolute atomic E-state index is 10.6. The Morgan fingerprint density at radius 1 is 1.64 bits per heavy atom. The van der Waals surface area contributed by atoms with Crippen LogP contribution in [0.2, 0.25) is 0 Å². The monoisotopic (exact) mass is 160 g/mol. The average Bonchev–Trinajstić information content (AvgIpc) is 1.85. The maximum Gasteiger partial charge on any atom is 0.411 e. The maximum atomic E-state index is 10.6. The second-order valence-corrected chi connectivity index (χ2v) is 1.78. The highest BCUT2D eigenvalue weighted by Crippen LogP contribution is 2.01. The molecule has 0 aliphatic carbocycles. The van der Waals surface area contributed by atoms with Gasteiger partial charge in [0.15, 0.2) is 0 Å². The number of ether oxygens (including phenoxy) is 1. The smallest absolute Gasteiger partial charge is 0.411 e. The lowest BCUT2D eigenvalue weighted by Crippen LogP contribution is -2.17. The van der Waals surface area contributed by atoms with E-state index in [-0.39, 0.29) is 5.70 Å². The van der Waals surface area contributed by atoms with E-state index >= 15 is 0 Å². The average molecular weight is 160 g/mol. The molecule has 0 aromatic rings. The molecule has 0 aliphatic heterocycles. The molecular formula is C5H8N2O4. The molecule has 0 atom stereocenters. The number of methoxy groups -OCH3 is 1. The number of nitro groups is 1. The fourth-order valence-corrected chi connectivity index (χ4v) is 0.476. The standard InChI is InChI=1S/C5H8N2O4/c1-3(6)4(7(9)10)5(8)11-2/h6H2,1-2H3/b4-3+. The van der Waals surface area contributed by atoms with E-state index < -0.39 is 16.6 Å². The highest BCUT2D eigenvalue weighted by atomic mass is 16.6. The van der Waals surface area contributed by atoms with Crippen molar-refractivity contribution in [3.8, 4) is 0 Å². The van der Waals surface area contributed by atoms with Crippen molar-refractivity contribution in [3.05, 3.63) is 21.5 Å². The fraction of sp³-hybridized carbons (Fsp3) is 0.400. The largest absolute Gasteiger partial charge is 0.461 e. The predicted molar refractivity (Wildman–Crippen MR) is 35.9 cm³/mol. The van der Waals surface area contributed by atoms with E-state index in [1.807, 2.05) is 0 Å². The molecule has 0 amide bonds. The molecule has 0 radical (unpaired) electrons. The fourth-order valence-electron chi connectivity index (χ4n) is 0.476. The van der Waals surface area contributed by atoms with Gasteiger partial charge >= 0.3 is 11.7 Å². The van der Waals surface area contributed by atoms with E-state index in [0.29, 0.717) is 0 Å². The summed E-state index contributed by atoms with van der Waals surface area (Å²) in [7, 11) is 1.05. The zero-order chi connectivity index (χ0) is 9.02. The van der Waals surface area contributed by atoms with E-state index in [9.17, 15) is 14.9 Å². The third-order valence-electron chi connectivity index (χ3n) is 0.935. The quantitative estimate of drug-likeness (QED) is 0.257. The van der Waals surface area contributed by atoms with Crippen LogP contribution in [0.25, 0.3) is 0 Å². The minimum atomic E-state index is -1.03. The molecule has 0 rings (SSSR count). The Bertz CT molecular complexity index is 217. The van der Waals surface area contributed by atoms with Gasteiger partial charge in [-0.2, -0.15) is 0 Å². The summed E-state index contributed by atoms with van der Waals surface area (Å²) in [5.41, 5.74) is 4.17. The SMILES string of the molecule is COC(=O)/C(=C(/C)N)[N+](=O)[O-]. The summed E-state index contributed by atoms with van der Waals surface area (Å²) in [6.45, 7) is 1.26. The number of hydrogen-bond acceptors (Lipinski definition) is 5. The van der Waals surface area contributed by atoms with Gasteiger partial charge in [-0.15, -0.1) is 0 Å². The molecule has 62 valence electrons. The van der Waals surface area contributed by atoms with Crippen LogP contribution >= 0.6 is 0 Å². The Hall–Kier alpha value is -1.59. The Kier molecular flexibility index (Phi) is 3.03. The number of nitrogens with zero attached hydrogens (tertiary/aromatic N) is 1. The van der Waals surface area contributed by atoms with Crippen LogP contribution in [0.5, 0.6) is 0 Å². The van der Waals surface area contributed by atoms with Crippen LogP contribution in [-0.2, 0) is 9.53 Å². The second-order valence-electron chi connectivity index (χ2n) is 1.78. The zero-order valence-electron chi connectivity index (χ0n) is 6.16. The number of carbonyl (C=O) groups is 1. The first-order chi connectivity index (χ1) is 5.00. The van der Waals surface area contributed by atoms with Crippen molar-refractivity contribution in [1.82, 2.24) is 0 Å². The van der Waals surface area contributed by atoms with Gasteiger partial charge in [-0.25, -0.2) is 4.79 Å². The molecule has 0 saturated heterocycles. The predicted octanol–water partition coefficient (Wildman–Crippen LogP) is -0.374. The highest BCUT2D eigenvalue weighted by Gasteiger charge is 2.24. The number of nitrogens with two attached hydrogens (primary N) is 1. The number of hydrogen-bond donors (Lipinski definition) is 1. The van der Waals surface area contributed by atoms with E-state index in [4.69, 9.17) is 5.73 Å². The number of allylic oxidation sites excluding steroid dienone is 1.